The maximum atomic E-state index is 14.9. The number of nitrogens with zero attached hydrogens (tertiary/aromatic N) is 3. The van der Waals surface area contributed by atoms with E-state index >= 15 is 0 Å². The van der Waals surface area contributed by atoms with Crippen molar-refractivity contribution in [2.45, 2.75) is 83.0 Å². The van der Waals surface area contributed by atoms with Crippen molar-refractivity contribution in [3.8, 4) is 11.6 Å². The molecule has 4 bridgehead atoms. The Morgan fingerprint density at radius 3 is 2.29 bits per heavy atom. The SMILES string of the molecule is CC(C)(C)OC(=O)Nc1cc(C(F)(F)F)c2nc1-c1nnc(o1)[C@@](OCc1ccccc1)(C(F)(F)F)CCCC(=O)CCC2=O. The van der Waals surface area contributed by atoms with E-state index in [1.165, 1.54) is 32.9 Å². The summed E-state index contributed by atoms with van der Waals surface area (Å²) in [6, 6.07) is 8.23. The van der Waals surface area contributed by atoms with Crippen LogP contribution in [0.1, 0.15) is 80.4 Å². The van der Waals surface area contributed by atoms with Crippen molar-refractivity contribution in [1.82, 2.24) is 15.2 Å². The van der Waals surface area contributed by atoms with Gasteiger partial charge in [-0.3, -0.25) is 14.9 Å². The fourth-order valence-electron chi connectivity index (χ4n) is 4.49. The fraction of sp³-hybridized carbons (Fsp3) is 0.448. The summed E-state index contributed by atoms with van der Waals surface area (Å²) in [5.41, 5.74) is -8.18. The van der Waals surface area contributed by atoms with Crippen molar-refractivity contribution >= 4 is 23.3 Å². The molecule has 0 saturated heterocycles. The monoisotopic (exact) mass is 642 g/mol. The van der Waals surface area contributed by atoms with Gasteiger partial charge in [0.1, 0.15) is 17.1 Å². The van der Waals surface area contributed by atoms with Gasteiger partial charge in [-0.05, 0) is 45.2 Å². The van der Waals surface area contributed by atoms with Crippen LogP contribution in [0.2, 0.25) is 0 Å². The number of nitrogens with one attached hydrogen (secondary N) is 1. The minimum atomic E-state index is -5.18. The molecule has 16 heteroatoms. The molecule has 45 heavy (non-hydrogen) atoms. The van der Waals surface area contributed by atoms with Crippen molar-refractivity contribution in [3.05, 3.63) is 59.1 Å². The van der Waals surface area contributed by atoms with Gasteiger partial charge in [-0.2, -0.15) is 26.3 Å². The first kappa shape index (κ1) is 33.6. The maximum Gasteiger partial charge on any atom is 0.426 e. The smallest absolute Gasteiger partial charge is 0.426 e. The molecular formula is C29H28F6N4O6. The van der Waals surface area contributed by atoms with E-state index in [9.17, 15) is 40.7 Å². The second-order valence-corrected chi connectivity index (χ2v) is 11.2. The number of amides is 1. The molecule has 3 heterocycles. The Kier molecular flexibility index (Phi) is 9.37. The third kappa shape index (κ3) is 7.85. The molecule has 10 nitrogen and oxygen atoms in total. The maximum absolute atomic E-state index is 14.9. The lowest BCUT2D eigenvalue weighted by atomic mass is 9.93. The van der Waals surface area contributed by atoms with Crippen LogP contribution >= 0.6 is 0 Å². The number of anilines is 1. The largest absolute Gasteiger partial charge is 0.444 e. The summed E-state index contributed by atoms with van der Waals surface area (Å²) >= 11 is 0. The first-order valence-corrected chi connectivity index (χ1v) is 13.7. The predicted octanol–water partition coefficient (Wildman–Crippen LogP) is 7.19. The molecule has 0 aliphatic carbocycles. The van der Waals surface area contributed by atoms with Crippen LogP contribution in [0.25, 0.3) is 11.6 Å². The number of halogens is 6. The molecule has 0 saturated carbocycles. The van der Waals surface area contributed by atoms with Gasteiger partial charge in [0.05, 0.1) is 17.9 Å². The van der Waals surface area contributed by atoms with Crippen LogP contribution in [-0.4, -0.2) is 44.6 Å². The van der Waals surface area contributed by atoms with Crippen molar-refractivity contribution in [3.63, 3.8) is 0 Å². The van der Waals surface area contributed by atoms with Crippen molar-refractivity contribution < 1.29 is 54.6 Å². The molecule has 1 aromatic carbocycles. The number of fused-ring (bicyclic) bond motifs is 5. The van der Waals surface area contributed by atoms with Gasteiger partial charge < -0.3 is 13.9 Å². The van der Waals surface area contributed by atoms with E-state index in [-0.39, 0.29) is 0 Å². The number of hydrogen-bond acceptors (Lipinski definition) is 9. The zero-order valence-corrected chi connectivity index (χ0v) is 24.3. The Hall–Kier alpha value is -4.34. The average molecular weight is 643 g/mol. The number of carbonyl (C=O) groups excluding carboxylic acids is 3. The van der Waals surface area contributed by atoms with Crippen molar-refractivity contribution in [2.75, 3.05) is 5.32 Å². The summed E-state index contributed by atoms with van der Waals surface area (Å²) in [5, 5.41) is 9.23. The highest BCUT2D eigenvalue weighted by Crippen LogP contribution is 2.47. The summed E-state index contributed by atoms with van der Waals surface area (Å²) in [4.78, 5) is 41.8. The van der Waals surface area contributed by atoms with Crippen LogP contribution in [0.3, 0.4) is 0 Å². The topological polar surface area (TPSA) is 134 Å². The average Bonchev–Trinajstić information content (AvgIpc) is 3.41. The van der Waals surface area contributed by atoms with E-state index in [4.69, 9.17) is 13.9 Å². The number of aromatic nitrogens is 3. The molecule has 1 atom stereocenters. The van der Waals surface area contributed by atoms with Crippen LogP contribution in [0.4, 0.5) is 36.8 Å². The number of Topliss-reactive ketones (excluding diaryl/α,β-unsaturated/α-hetero) is 2. The highest BCUT2D eigenvalue weighted by atomic mass is 19.4. The summed E-state index contributed by atoms with van der Waals surface area (Å²) < 4.78 is 103. The second-order valence-electron chi connectivity index (χ2n) is 11.2. The molecule has 1 aliphatic heterocycles. The number of benzene rings is 1. The summed E-state index contributed by atoms with van der Waals surface area (Å²) in [5.74, 6) is -3.80. The zero-order valence-electron chi connectivity index (χ0n) is 24.3. The van der Waals surface area contributed by atoms with Crippen molar-refractivity contribution in [1.29, 1.82) is 0 Å². The van der Waals surface area contributed by atoms with Gasteiger partial charge in [-0.25, -0.2) is 9.78 Å². The third-order valence-electron chi connectivity index (χ3n) is 6.60. The Morgan fingerprint density at radius 1 is 0.978 bits per heavy atom. The normalized spacial score (nSPS) is 18.3. The van der Waals surface area contributed by atoms with Gasteiger partial charge in [0.2, 0.25) is 5.60 Å². The Balaban J connectivity index is 1.93. The number of hydrogen-bond donors (Lipinski definition) is 1. The molecule has 3 aromatic rings. The molecule has 2 aromatic heterocycles. The third-order valence-corrected chi connectivity index (χ3v) is 6.60. The second kappa shape index (κ2) is 12.6. The molecule has 1 aliphatic rings. The molecule has 0 spiro atoms. The number of alkyl halides is 6. The Bertz CT molecular complexity index is 1570. The lowest BCUT2D eigenvalue weighted by molar-refractivity contribution is -0.300. The molecule has 0 fully saturated rings. The standard InChI is InChI=1S/C29H28F6N4O6/c1-26(2,3)45-25(42)36-19-14-18(28(30,31)32)21-20(41)12-11-17(40)10-7-13-27(29(33,34)35,43-15-16-8-5-4-6-9-16)24-39-38-23(44-24)22(19)37-21/h4-6,8-9,14H,7,10-13,15H2,1-3H3,(H,36,42)/t27-/m1/s1. The van der Waals surface area contributed by atoms with Crippen LogP contribution in [0.15, 0.2) is 40.8 Å². The zero-order chi connectivity index (χ0) is 33.2. The number of ether oxygens (including phenoxy) is 2. The minimum Gasteiger partial charge on any atom is -0.444 e. The lowest BCUT2D eigenvalue weighted by Gasteiger charge is -2.32. The number of ketones is 2. The van der Waals surface area contributed by atoms with Gasteiger partial charge in [-0.1, -0.05) is 30.3 Å². The molecule has 0 unspecified atom stereocenters. The van der Waals surface area contributed by atoms with Gasteiger partial charge in [-0.15, -0.1) is 10.2 Å². The van der Waals surface area contributed by atoms with E-state index in [0.717, 1.165) is 0 Å². The molecule has 1 N–H and O–H groups in total. The summed E-state index contributed by atoms with van der Waals surface area (Å²) in [7, 11) is 0. The van der Waals surface area contributed by atoms with E-state index in [1.807, 2.05) is 0 Å². The fourth-order valence-corrected chi connectivity index (χ4v) is 4.49. The molecule has 4 rings (SSSR count). The number of pyridine rings is 1. The number of rotatable bonds is 4. The number of carbonyl (C=O) groups is 3. The molecule has 0 radical (unpaired) electrons. The first-order chi connectivity index (χ1) is 20.9. The van der Waals surface area contributed by atoms with Crippen molar-refractivity contribution in [2.24, 2.45) is 0 Å². The van der Waals surface area contributed by atoms with E-state index < -0.39 is 114 Å². The predicted molar refractivity (Wildman–Crippen MR) is 144 cm³/mol. The van der Waals surface area contributed by atoms with Gasteiger partial charge in [0.25, 0.3) is 11.8 Å². The molecular weight excluding hydrogens is 614 g/mol. The highest BCUT2D eigenvalue weighted by molar-refractivity contribution is 6.00. The minimum absolute atomic E-state index is 0.361. The van der Waals surface area contributed by atoms with Crippen LogP contribution < -0.4 is 5.32 Å². The van der Waals surface area contributed by atoms with Gasteiger partial charge in [0.15, 0.2) is 11.5 Å². The van der Waals surface area contributed by atoms with Gasteiger partial charge >= 0.3 is 18.4 Å². The van der Waals surface area contributed by atoms with Crippen LogP contribution in [-0.2, 0) is 32.7 Å². The van der Waals surface area contributed by atoms with Gasteiger partial charge in [0, 0.05) is 19.3 Å². The summed E-state index contributed by atoms with van der Waals surface area (Å²) in [6.45, 7) is 3.89. The highest BCUT2D eigenvalue weighted by Gasteiger charge is 2.61. The molecule has 1 amide bonds. The van der Waals surface area contributed by atoms with Crippen LogP contribution in [0, 0.1) is 0 Å². The quantitative estimate of drug-likeness (QED) is 0.294. The van der Waals surface area contributed by atoms with E-state index in [1.54, 1.807) is 18.2 Å². The lowest BCUT2D eigenvalue weighted by Crippen LogP contribution is -2.45. The first-order valence-electron chi connectivity index (χ1n) is 13.7. The van der Waals surface area contributed by atoms with Crippen LogP contribution in [0.5, 0.6) is 0 Å². The molecule has 242 valence electrons. The Labute approximate surface area is 252 Å². The Morgan fingerprint density at radius 2 is 1.67 bits per heavy atom. The van der Waals surface area contributed by atoms with E-state index in [2.05, 4.69) is 20.5 Å². The summed E-state index contributed by atoms with van der Waals surface area (Å²) in [6.07, 6.45) is -14.5. The van der Waals surface area contributed by atoms with E-state index in [0.29, 0.717) is 11.6 Å².